The first kappa shape index (κ1) is 15.4. The Morgan fingerprint density at radius 2 is 1.71 bits per heavy atom. The minimum absolute atomic E-state index is 0.0140. The van der Waals surface area contributed by atoms with E-state index in [0.717, 1.165) is 22.0 Å². The second kappa shape index (κ2) is 7.14. The summed E-state index contributed by atoms with van der Waals surface area (Å²) in [4.78, 5) is 11.3. The number of halogens is 1. The van der Waals surface area contributed by atoms with Crippen LogP contribution < -0.4 is 10.6 Å². The van der Waals surface area contributed by atoms with Crippen molar-refractivity contribution in [1.29, 1.82) is 0 Å². The lowest BCUT2D eigenvalue weighted by Crippen LogP contribution is -2.10. The molecule has 2 N–H and O–H groups in total. The molecule has 1 atom stereocenters. The Morgan fingerprint density at radius 1 is 1.10 bits per heavy atom. The van der Waals surface area contributed by atoms with Gasteiger partial charge in [0.2, 0.25) is 5.91 Å². The number of hydrogen-bond donors (Lipinski definition) is 2. The SMILES string of the molecule is CCC(=O)Nc1ccc(NC(C)c2ccccc2Cl)cc1. The molecule has 0 spiro atoms. The summed E-state index contributed by atoms with van der Waals surface area (Å²) in [5.41, 5.74) is 2.84. The van der Waals surface area contributed by atoms with Crippen LogP contribution in [0.25, 0.3) is 0 Å². The largest absolute Gasteiger partial charge is 0.378 e. The summed E-state index contributed by atoms with van der Waals surface area (Å²) in [7, 11) is 0. The van der Waals surface area contributed by atoms with Gasteiger partial charge in [-0.15, -0.1) is 0 Å². The Labute approximate surface area is 130 Å². The maximum atomic E-state index is 11.3. The molecule has 0 aliphatic heterocycles. The highest BCUT2D eigenvalue weighted by Crippen LogP contribution is 2.26. The Bertz CT molecular complexity index is 610. The number of carbonyl (C=O) groups is 1. The van der Waals surface area contributed by atoms with Crippen LogP contribution in [0.1, 0.15) is 31.9 Å². The fourth-order valence-corrected chi connectivity index (χ4v) is 2.35. The molecule has 1 unspecified atom stereocenters. The van der Waals surface area contributed by atoms with E-state index in [-0.39, 0.29) is 11.9 Å². The monoisotopic (exact) mass is 302 g/mol. The van der Waals surface area contributed by atoms with Crippen molar-refractivity contribution >= 4 is 28.9 Å². The predicted molar refractivity (Wildman–Crippen MR) is 88.9 cm³/mol. The van der Waals surface area contributed by atoms with E-state index >= 15 is 0 Å². The van der Waals surface area contributed by atoms with Crippen LogP contribution in [0.3, 0.4) is 0 Å². The molecule has 0 saturated carbocycles. The number of hydrogen-bond acceptors (Lipinski definition) is 2. The second-order valence-electron chi connectivity index (χ2n) is 4.87. The second-order valence-corrected chi connectivity index (χ2v) is 5.27. The van der Waals surface area contributed by atoms with Gasteiger partial charge in [0.15, 0.2) is 0 Å². The molecule has 0 fully saturated rings. The van der Waals surface area contributed by atoms with E-state index in [4.69, 9.17) is 11.6 Å². The van der Waals surface area contributed by atoms with E-state index in [2.05, 4.69) is 17.6 Å². The van der Waals surface area contributed by atoms with Gasteiger partial charge < -0.3 is 10.6 Å². The molecular weight excluding hydrogens is 284 g/mol. The molecule has 0 heterocycles. The average Bonchev–Trinajstić information content (AvgIpc) is 2.49. The predicted octanol–water partition coefficient (Wildman–Crippen LogP) is 4.86. The van der Waals surface area contributed by atoms with E-state index in [1.807, 2.05) is 55.5 Å². The quantitative estimate of drug-likeness (QED) is 0.828. The summed E-state index contributed by atoms with van der Waals surface area (Å²) in [5.74, 6) is 0.0140. The molecule has 0 aliphatic rings. The van der Waals surface area contributed by atoms with Crippen LogP contribution in [0.15, 0.2) is 48.5 Å². The van der Waals surface area contributed by atoms with Crippen LogP contribution in [0.4, 0.5) is 11.4 Å². The summed E-state index contributed by atoms with van der Waals surface area (Å²) < 4.78 is 0. The van der Waals surface area contributed by atoms with Gasteiger partial charge in [-0.25, -0.2) is 0 Å². The molecule has 110 valence electrons. The number of anilines is 2. The molecule has 0 saturated heterocycles. The average molecular weight is 303 g/mol. The molecule has 1 amide bonds. The molecule has 21 heavy (non-hydrogen) atoms. The van der Waals surface area contributed by atoms with E-state index in [0.29, 0.717) is 6.42 Å². The maximum Gasteiger partial charge on any atom is 0.224 e. The fourth-order valence-electron chi connectivity index (χ4n) is 2.05. The minimum Gasteiger partial charge on any atom is -0.378 e. The van der Waals surface area contributed by atoms with Crippen molar-refractivity contribution in [3.05, 3.63) is 59.1 Å². The van der Waals surface area contributed by atoms with Gasteiger partial charge in [-0.1, -0.05) is 36.7 Å². The van der Waals surface area contributed by atoms with Crippen molar-refractivity contribution in [3.63, 3.8) is 0 Å². The molecule has 2 rings (SSSR count). The first-order valence-corrected chi connectivity index (χ1v) is 7.39. The van der Waals surface area contributed by atoms with E-state index in [1.54, 1.807) is 0 Å². The molecule has 4 heteroatoms. The van der Waals surface area contributed by atoms with Gasteiger partial charge in [-0.3, -0.25) is 4.79 Å². The first-order chi connectivity index (χ1) is 10.1. The third-order valence-electron chi connectivity index (χ3n) is 3.24. The lowest BCUT2D eigenvalue weighted by atomic mass is 10.1. The Morgan fingerprint density at radius 3 is 2.33 bits per heavy atom. The number of benzene rings is 2. The maximum absolute atomic E-state index is 11.3. The standard InChI is InChI=1S/C17H19ClN2O/c1-3-17(21)20-14-10-8-13(9-11-14)19-12(2)15-6-4-5-7-16(15)18/h4-12,19H,3H2,1-2H3,(H,20,21). The smallest absolute Gasteiger partial charge is 0.224 e. The fraction of sp³-hybridized carbons (Fsp3) is 0.235. The van der Waals surface area contributed by atoms with Crippen LogP contribution in [-0.2, 0) is 4.79 Å². The van der Waals surface area contributed by atoms with E-state index < -0.39 is 0 Å². The van der Waals surface area contributed by atoms with Gasteiger partial charge >= 0.3 is 0 Å². The third kappa shape index (κ3) is 4.23. The summed E-state index contributed by atoms with van der Waals surface area (Å²) >= 11 is 6.20. The third-order valence-corrected chi connectivity index (χ3v) is 3.59. The summed E-state index contributed by atoms with van der Waals surface area (Å²) in [6, 6.07) is 15.6. The molecular formula is C17H19ClN2O. The zero-order chi connectivity index (χ0) is 15.2. The van der Waals surface area contributed by atoms with Gasteiger partial charge in [0.05, 0.1) is 0 Å². The van der Waals surface area contributed by atoms with Crippen molar-refractivity contribution in [3.8, 4) is 0 Å². The Hall–Kier alpha value is -2.00. The van der Waals surface area contributed by atoms with Crippen molar-refractivity contribution in [2.45, 2.75) is 26.3 Å². The number of rotatable bonds is 5. The molecule has 0 aliphatic carbocycles. The normalized spacial score (nSPS) is 11.8. The number of nitrogens with one attached hydrogen (secondary N) is 2. The number of amides is 1. The molecule has 2 aromatic rings. The Kier molecular flexibility index (Phi) is 5.23. The van der Waals surface area contributed by atoms with Crippen LogP contribution in [0, 0.1) is 0 Å². The summed E-state index contributed by atoms with van der Waals surface area (Å²) in [5, 5.41) is 6.98. The van der Waals surface area contributed by atoms with Crippen LogP contribution >= 0.6 is 11.6 Å². The van der Waals surface area contributed by atoms with Crippen LogP contribution in [-0.4, -0.2) is 5.91 Å². The highest BCUT2D eigenvalue weighted by molar-refractivity contribution is 6.31. The molecule has 0 bridgehead atoms. The van der Waals surface area contributed by atoms with Crippen molar-refractivity contribution in [2.75, 3.05) is 10.6 Å². The minimum atomic E-state index is 0.0140. The van der Waals surface area contributed by atoms with Gasteiger partial charge in [0.25, 0.3) is 0 Å². The van der Waals surface area contributed by atoms with Gasteiger partial charge in [0, 0.05) is 28.9 Å². The van der Waals surface area contributed by atoms with E-state index in [9.17, 15) is 4.79 Å². The van der Waals surface area contributed by atoms with Gasteiger partial charge in [-0.2, -0.15) is 0 Å². The molecule has 3 nitrogen and oxygen atoms in total. The van der Waals surface area contributed by atoms with E-state index in [1.165, 1.54) is 0 Å². The topological polar surface area (TPSA) is 41.1 Å². The van der Waals surface area contributed by atoms with Crippen LogP contribution in [0.5, 0.6) is 0 Å². The zero-order valence-electron chi connectivity index (χ0n) is 12.2. The first-order valence-electron chi connectivity index (χ1n) is 7.01. The highest BCUT2D eigenvalue weighted by atomic mass is 35.5. The molecule has 0 aromatic heterocycles. The van der Waals surface area contributed by atoms with Crippen molar-refractivity contribution in [1.82, 2.24) is 0 Å². The molecule has 0 radical (unpaired) electrons. The highest BCUT2D eigenvalue weighted by Gasteiger charge is 2.08. The number of carbonyl (C=O) groups excluding carboxylic acids is 1. The van der Waals surface area contributed by atoms with Crippen molar-refractivity contribution in [2.24, 2.45) is 0 Å². The molecule has 2 aromatic carbocycles. The summed E-state index contributed by atoms with van der Waals surface area (Å²) in [6.45, 7) is 3.89. The zero-order valence-corrected chi connectivity index (χ0v) is 12.9. The Balaban J connectivity index is 2.03. The summed E-state index contributed by atoms with van der Waals surface area (Å²) in [6.07, 6.45) is 0.476. The lowest BCUT2D eigenvalue weighted by molar-refractivity contribution is -0.115. The van der Waals surface area contributed by atoms with Gasteiger partial charge in [-0.05, 0) is 42.8 Å². The van der Waals surface area contributed by atoms with Gasteiger partial charge in [0.1, 0.15) is 0 Å². The van der Waals surface area contributed by atoms with Crippen molar-refractivity contribution < 1.29 is 4.79 Å². The van der Waals surface area contributed by atoms with Crippen LogP contribution in [0.2, 0.25) is 5.02 Å². The lowest BCUT2D eigenvalue weighted by Gasteiger charge is -2.17.